The average Bonchev–Trinajstić information content (AvgIpc) is 1.83. The van der Waals surface area contributed by atoms with Gasteiger partial charge in [0.15, 0.2) is 6.07 Å². The van der Waals surface area contributed by atoms with E-state index in [1.807, 2.05) is 0 Å². The normalized spacial score (nSPS) is 11.0. The molecule has 0 aliphatic carbocycles. The molecule has 0 unspecified atom stereocenters. The van der Waals surface area contributed by atoms with Crippen molar-refractivity contribution in [1.82, 2.24) is 0 Å². The molecule has 0 bridgehead atoms. The summed E-state index contributed by atoms with van der Waals surface area (Å²) in [4.78, 5) is 3.55. The first-order chi connectivity index (χ1) is 3.81. The lowest BCUT2D eigenvalue weighted by atomic mass is 10.6. The fourth-order valence-corrected chi connectivity index (χ4v) is 0.252. The molecule has 0 aromatic carbocycles. The first-order valence-corrected chi connectivity index (χ1v) is 2.65. The summed E-state index contributed by atoms with van der Waals surface area (Å²) in [6, 6.07) is 0.160. The van der Waals surface area contributed by atoms with Gasteiger partial charge in [0.25, 0.3) is 0 Å². The average molecular weight is 134 g/mol. The Morgan fingerprint density at radius 3 is 3.00 bits per heavy atom. The van der Waals surface area contributed by atoms with Gasteiger partial charge >= 0.3 is 0 Å². The molecule has 0 saturated heterocycles. The van der Waals surface area contributed by atoms with Gasteiger partial charge < -0.3 is 4.74 Å². The van der Waals surface area contributed by atoms with Gasteiger partial charge in [-0.25, -0.2) is 0 Å². The molecule has 0 aliphatic heterocycles. The number of ether oxygens (including phenoxy) is 1. The Balaban J connectivity index is 3.40. The van der Waals surface area contributed by atoms with Gasteiger partial charge in [0, 0.05) is 0 Å². The van der Waals surface area contributed by atoms with E-state index in [4.69, 9.17) is 11.6 Å². The van der Waals surface area contributed by atoms with Gasteiger partial charge in [0.05, 0.1) is 5.70 Å². The topological polar surface area (TPSA) is 21.6 Å². The molecular weight excluding hydrogens is 126 g/mol. The van der Waals surface area contributed by atoms with E-state index in [2.05, 4.69) is 16.4 Å². The highest BCUT2D eigenvalue weighted by atomic mass is 35.5. The van der Waals surface area contributed by atoms with Crippen LogP contribution in [-0.4, -0.2) is 12.8 Å². The smallest absolute Gasteiger partial charge is 0.161 e. The second kappa shape index (κ2) is 4.65. The summed E-state index contributed by atoms with van der Waals surface area (Å²) < 4.78 is 4.66. The second-order valence-electron chi connectivity index (χ2n) is 1.19. The van der Waals surface area contributed by atoms with E-state index < -0.39 is 0 Å². The monoisotopic (exact) mass is 133 g/mol. The molecular formula is C5H8ClNO. The second-order valence-corrected chi connectivity index (χ2v) is 1.41. The van der Waals surface area contributed by atoms with Gasteiger partial charge in [-0.15, -0.1) is 0 Å². The number of allylic oxidation sites excluding steroid dienone is 1. The van der Waals surface area contributed by atoms with Crippen LogP contribution >= 0.6 is 11.6 Å². The summed E-state index contributed by atoms with van der Waals surface area (Å²) in [5.41, 5.74) is 0.727. The highest BCUT2D eigenvalue weighted by molar-refractivity contribution is 6.17. The third kappa shape index (κ3) is 3.68. The maximum absolute atomic E-state index is 5.17. The SMILES string of the molecule is C=N/C(C)=C\OCCl. The molecule has 0 spiro atoms. The Kier molecular flexibility index (Phi) is 4.36. The van der Waals surface area contributed by atoms with Gasteiger partial charge in [-0.1, -0.05) is 11.6 Å². The number of hydrogen-bond acceptors (Lipinski definition) is 2. The number of halogens is 1. The van der Waals surface area contributed by atoms with Crippen molar-refractivity contribution in [2.75, 3.05) is 6.07 Å². The van der Waals surface area contributed by atoms with Crippen LogP contribution in [0, 0.1) is 0 Å². The summed E-state index contributed by atoms with van der Waals surface area (Å²) in [7, 11) is 0. The zero-order chi connectivity index (χ0) is 6.41. The quantitative estimate of drug-likeness (QED) is 0.327. The molecule has 0 atom stereocenters. The summed E-state index contributed by atoms with van der Waals surface area (Å²) in [5, 5.41) is 0. The number of alkyl halides is 1. The molecule has 0 aliphatic rings. The van der Waals surface area contributed by atoms with Crippen molar-refractivity contribution in [2.24, 2.45) is 4.99 Å². The summed E-state index contributed by atoms with van der Waals surface area (Å²) in [5.74, 6) is 0. The summed E-state index contributed by atoms with van der Waals surface area (Å²) >= 11 is 5.17. The fourth-order valence-electron chi connectivity index (χ4n) is 0.189. The lowest BCUT2D eigenvalue weighted by molar-refractivity contribution is 0.309. The molecule has 8 heavy (non-hydrogen) atoms. The van der Waals surface area contributed by atoms with Crippen molar-refractivity contribution in [3.8, 4) is 0 Å². The van der Waals surface area contributed by atoms with Crippen molar-refractivity contribution in [1.29, 1.82) is 0 Å². The summed E-state index contributed by atoms with van der Waals surface area (Å²) in [6.07, 6.45) is 1.46. The zero-order valence-corrected chi connectivity index (χ0v) is 5.48. The highest BCUT2D eigenvalue weighted by Gasteiger charge is 1.77. The van der Waals surface area contributed by atoms with Crippen LogP contribution in [0.1, 0.15) is 6.92 Å². The Hall–Kier alpha value is -0.500. The van der Waals surface area contributed by atoms with Gasteiger partial charge in [-0.3, -0.25) is 4.99 Å². The van der Waals surface area contributed by atoms with Crippen LogP contribution in [0.25, 0.3) is 0 Å². The number of nitrogens with zero attached hydrogens (tertiary/aromatic N) is 1. The lowest BCUT2D eigenvalue weighted by Crippen LogP contribution is -1.75. The third-order valence-electron chi connectivity index (χ3n) is 0.566. The minimum Gasteiger partial charge on any atom is -0.484 e. The Morgan fingerprint density at radius 2 is 2.62 bits per heavy atom. The minimum atomic E-state index is 0.160. The fraction of sp³-hybridized carbons (Fsp3) is 0.400. The van der Waals surface area contributed by atoms with E-state index in [1.54, 1.807) is 6.92 Å². The van der Waals surface area contributed by atoms with E-state index in [0.29, 0.717) is 0 Å². The molecule has 0 heterocycles. The van der Waals surface area contributed by atoms with Crippen LogP contribution in [0.15, 0.2) is 17.0 Å². The highest BCUT2D eigenvalue weighted by Crippen LogP contribution is 1.92. The first-order valence-electron chi connectivity index (χ1n) is 2.12. The molecule has 0 aromatic heterocycles. The Morgan fingerprint density at radius 1 is 2.00 bits per heavy atom. The van der Waals surface area contributed by atoms with E-state index in [1.165, 1.54) is 6.26 Å². The van der Waals surface area contributed by atoms with Crippen molar-refractivity contribution >= 4 is 18.3 Å². The largest absolute Gasteiger partial charge is 0.484 e. The molecule has 2 nitrogen and oxygen atoms in total. The molecule has 0 amide bonds. The van der Waals surface area contributed by atoms with Crippen LogP contribution in [0.2, 0.25) is 0 Å². The molecule has 0 saturated carbocycles. The maximum atomic E-state index is 5.17. The van der Waals surface area contributed by atoms with E-state index in [9.17, 15) is 0 Å². The zero-order valence-electron chi connectivity index (χ0n) is 4.72. The van der Waals surface area contributed by atoms with Crippen LogP contribution in [0.5, 0.6) is 0 Å². The van der Waals surface area contributed by atoms with Crippen molar-refractivity contribution in [3.05, 3.63) is 12.0 Å². The standard InChI is InChI=1S/C5H8ClNO/c1-5(7-2)3-8-4-6/h3H,2,4H2,1H3/b5-3-. The molecule has 0 fully saturated rings. The summed E-state index contributed by atoms with van der Waals surface area (Å²) in [6.45, 7) is 5.05. The molecule has 0 N–H and O–H groups in total. The Labute approximate surface area is 53.8 Å². The first kappa shape index (κ1) is 7.50. The molecule has 0 aromatic rings. The van der Waals surface area contributed by atoms with Crippen molar-refractivity contribution in [2.45, 2.75) is 6.92 Å². The van der Waals surface area contributed by atoms with E-state index in [0.717, 1.165) is 5.70 Å². The van der Waals surface area contributed by atoms with Crippen LogP contribution in [0.4, 0.5) is 0 Å². The molecule has 3 heteroatoms. The molecule has 46 valence electrons. The van der Waals surface area contributed by atoms with Gasteiger partial charge in [-0.2, -0.15) is 0 Å². The van der Waals surface area contributed by atoms with Crippen LogP contribution in [0.3, 0.4) is 0 Å². The Bertz CT molecular complexity index is 101. The number of aliphatic imine (C=N–C) groups is 1. The van der Waals surface area contributed by atoms with E-state index in [-0.39, 0.29) is 6.07 Å². The number of hydrogen-bond donors (Lipinski definition) is 0. The third-order valence-corrected chi connectivity index (χ3v) is 0.692. The number of rotatable bonds is 3. The molecule has 0 rings (SSSR count). The minimum absolute atomic E-state index is 0.160. The maximum Gasteiger partial charge on any atom is 0.161 e. The van der Waals surface area contributed by atoms with Gasteiger partial charge in [0.2, 0.25) is 0 Å². The van der Waals surface area contributed by atoms with Crippen molar-refractivity contribution in [3.63, 3.8) is 0 Å². The lowest BCUT2D eigenvalue weighted by Gasteiger charge is -1.90. The van der Waals surface area contributed by atoms with Gasteiger partial charge in [0.1, 0.15) is 6.26 Å². The molecule has 0 radical (unpaired) electrons. The predicted molar refractivity (Wildman–Crippen MR) is 35.1 cm³/mol. The van der Waals surface area contributed by atoms with Crippen LogP contribution in [-0.2, 0) is 4.74 Å². The van der Waals surface area contributed by atoms with E-state index >= 15 is 0 Å². The van der Waals surface area contributed by atoms with Gasteiger partial charge in [-0.05, 0) is 13.6 Å². The predicted octanol–water partition coefficient (Wildman–Crippen LogP) is 1.76. The van der Waals surface area contributed by atoms with Crippen molar-refractivity contribution < 1.29 is 4.74 Å². The van der Waals surface area contributed by atoms with Crippen LogP contribution < -0.4 is 0 Å².